The predicted octanol–water partition coefficient (Wildman–Crippen LogP) is -0.385. The fourth-order valence-electron chi connectivity index (χ4n) is 2.23. The molecule has 8 nitrogen and oxygen atoms in total. The molecule has 9 heteroatoms. The Morgan fingerprint density at radius 2 is 1.81 bits per heavy atom. The molecular formula is C17H23N3O5S. The van der Waals surface area contributed by atoms with Gasteiger partial charge in [-0.3, -0.25) is 14.4 Å². The van der Waals surface area contributed by atoms with Crippen LogP contribution in [-0.2, 0) is 19.4 Å². The highest BCUT2D eigenvalue weighted by Gasteiger charge is 2.25. The zero-order valence-corrected chi connectivity index (χ0v) is 15.3. The van der Waals surface area contributed by atoms with Crippen LogP contribution in [0.5, 0.6) is 0 Å². The molecular weight excluding hydrogens is 358 g/mol. The predicted molar refractivity (Wildman–Crippen MR) is 96.2 cm³/mol. The van der Waals surface area contributed by atoms with E-state index in [2.05, 4.69) is 16.0 Å². The van der Waals surface area contributed by atoms with E-state index in [4.69, 9.17) is 0 Å². The van der Waals surface area contributed by atoms with Gasteiger partial charge in [-0.05, 0) is 31.4 Å². The Hall–Kier alpha value is -2.42. The van der Waals surface area contributed by atoms with Crippen LogP contribution < -0.4 is 16.0 Å². The molecule has 2 rings (SSSR count). The largest absolute Gasteiger partial charge is 0.352 e. The number of carbonyl (C=O) groups excluding carboxylic acids is 3. The lowest BCUT2D eigenvalue weighted by Gasteiger charge is -2.18. The summed E-state index contributed by atoms with van der Waals surface area (Å²) in [7, 11) is -3.30. The van der Waals surface area contributed by atoms with Crippen molar-refractivity contribution < 1.29 is 22.8 Å². The lowest BCUT2D eigenvalue weighted by molar-refractivity contribution is -0.127. The zero-order chi connectivity index (χ0) is 19.2. The summed E-state index contributed by atoms with van der Waals surface area (Å²) in [5, 5.41) is 7.72. The van der Waals surface area contributed by atoms with E-state index in [1.54, 1.807) is 30.3 Å². The Morgan fingerprint density at radius 3 is 2.38 bits per heavy atom. The molecule has 3 N–H and O–H groups in total. The second-order valence-electron chi connectivity index (χ2n) is 6.37. The van der Waals surface area contributed by atoms with Gasteiger partial charge in [-0.25, -0.2) is 8.42 Å². The fraction of sp³-hybridized carbons (Fsp3) is 0.471. The van der Waals surface area contributed by atoms with Gasteiger partial charge >= 0.3 is 0 Å². The molecule has 0 saturated heterocycles. The smallest absolute Gasteiger partial charge is 0.251 e. The van der Waals surface area contributed by atoms with Crippen molar-refractivity contribution in [1.82, 2.24) is 16.0 Å². The molecule has 0 aromatic heterocycles. The summed E-state index contributed by atoms with van der Waals surface area (Å²) in [4.78, 5) is 36.3. The number of rotatable bonds is 9. The van der Waals surface area contributed by atoms with Crippen molar-refractivity contribution in [1.29, 1.82) is 0 Å². The Balaban J connectivity index is 1.95. The van der Waals surface area contributed by atoms with Gasteiger partial charge in [-0.15, -0.1) is 0 Å². The van der Waals surface area contributed by atoms with E-state index in [0.717, 1.165) is 19.1 Å². The van der Waals surface area contributed by atoms with Gasteiger partial charge in [0.15, 0.2) is 0 Å². The summed E-state index contributed by atoms with van der Waals surface area (Å²) in [6.45, 7) is -0.216. The number of hydrogen-bond acceptors (Lipinski definition) is 5. The summed E-state index contributed by atoms with van der Waals surface area (Å²) in [5.41, 5.74) is 0.358. The summed E-state index contributed by atoms with van der Waals surface area (Å²) in [6.07, 6.45) is 2.85. The summed E-state index contributed by atoms with van der Waals surface area (Å²) >= 11 is 0. The number of sulfone groups is 1. The van der Waals surface area contributed by atoms with Crippen LogP contribution in [0.15, 0.2) is 30.3 Å². The minimum Gasteiger partial charge on any atom is -0.352 e. The van der Waals surface area contributed by atoms with E-state index in [-0.39, 0.29) is 30.7 Å². The summed E-state index contributed by atoms with van der Waals surface area (Å²) < 4.78 is 22.8. The quantitative estimate of drug-likeness (QED) is 0.538. The number of amides is 3. The first-order valence-electron chi connectivity index (χ1n) is 8.35. The lowest BCUT2D eigenvalue weighted by Crippen LogP contribution is -2.49. The van der Waals surface area contributed by atoms with E-state index in [9.17, 15) is 22.8 Å². The van der Waals surface area contributed by atoms with Crippen molar-refractivity contribution in [2.24, 2.45) is 0 Å². The SMILES string of the molecule is CS(=O)(=O)CC[C@H](NC(=O)c1ccccc1)C(=O)NCC(=O)NC1CC1. The molecule has 3 amide bonds. The van der Waals surface area contributed by atoms with Gasteiger partial charge in [-0.1, -0.05) is 18.2 Å². The number of benzene rings is 1. The highest BCUT2D eigenvalue weighted by molar-refractivity contribution is 7.90. The molecule has 1 aliphatic rings. The maximum atomic E-state index is 12.3. The standard InChI is InChI=1S/C17H23N3O5S/c1-26(24,25)10-9-14(20-16(22)12-5-3-2-4-6-12)17(23)18-11-15(21)19-13-7-8-13/h2-6,13-14H,7-11H2,1H3,(H,18,23)(H,19,21)(H,20,22)/t14-/m0/s1. The third-order valence-corrected chi connectivity index (χ3v) is 4.78. The third kappa shape index (κ3) is 7.22. The average molecular weight is 381 g/mol. The van der Waals surface area contributed by atoms with Crippen LogP contribution in [0.25, 0.3) is 0 Å². The second kappa shape index (κ2) is 8.79. The number of nitrogens with one attached hydrogen (secondary N) is 3. The monoisotopic (exact) mass is 381 g/mol. The molecule has 0 heterocycles. The van der Waals surface area contributed by atoms with E-state index < -0.39 is 27.7 Å². The fourth-order valence-corrected chi connectivity index (χ4v) is 2.89. The maximum Gasteiger partial charge on any atom is 0.251 e. The van der Waals surface area contributed by atoms with Crippen molar-refractivity contribution in [3.05, 3.63) is 35.9 Å². The lowest BCUT2D eigenvalue weighted by atomic mass is 10.1. The van der Waals surface area contributed by atoms with Gasteiger partial charge in [0.25, 0.3) is 5.91 Å². The highest BCUT2D eigenvalue weighted by Crippen LogP contribution is 2.18. The Morgan fingerprint density at radius 1 is 1.15 bits per heavy atom. The van der Waals surface area contributed by atoms with Gasteiger partial charge in [-0.2, -0.15) is 0 Å². The molecule has 26 heavy (non-hydrogen) atoms. The van der Waals surface area contributed by atoms with Crippen LogP contribution >= 0.6 is 0 Å². The van der Waals surface area contributed by atoms with Crippen molar-refractivity contribution in [2.75, 3.05) is 18.6 Å². The molecule has 1 saturated carbocycles. The first kappa shape index (κ1) is 19.9. The minimum atomic E-state index is -3.30. The van der Waals surface area contributed by atoms with Crippen molar-refractivity contribution in [2.45, 2.75) is 31.3 Å². The molecule has 1 fully saturated rings. The molecule has 0 unspecified atom stereocenters. The maximum absolute atomic E-state index is 12.3. The summed E-state index contributed by atoms with van der Waals surface area (Å²) in [5.74, 6) is -1.64. The summed E-state index contributed by atoms with van der Waals surface area (Å²) in [6, 6.07) is 7.42. The number of hydrogen-bond donors (Lipinski definition) is 3. The third-order valence-electron chi connectivity index (χ3n) is 3.80. The van der Waals surface area contributed by atoms with Gasteiger partial charge in [0.2, 0.25) is 11.8 Å². The van der Waals surface area contributed by atoms with Crippen LogP contribution in [0.4, 0.5) is 0 Å². The van der Waals surface area contributed by atoms with Crippen molar-refractivity contribution in [3.63, 3.8) is 0 Å². The van der Waals surface area contributed by atoms with Gasteiger partial charge in [0.1, 0.15) is 15.9 Å². The van der Waals surface area contributed by atoms with Crippen LogP contribution in [0.2, 0.25) is 0 Å². The Labute approximate surface area is 152 Å². The molecule has 1 atom stereocenters. The van der Waals surface area contributed by atoms with Gasteiger partial charge in [0.05, 0.1) is 12.3 Å². The second-order valence-corrected chi connectivity index (χ2v) is 8.63. The number of carbonyl (C=O) groups is 3. The molecule has 1 aromatic rings. The minimum absolute atomic E-state index is 0.0759. The van der Waals surface area contributed by atoms with E-state index in [1.165, 1.54) is 0 Å². The van der Waals surface area contributed by atoms with Crippen molar-refractivity contribution in [3.8, 4) is 0 Å². The molecule has 0 bridgehead atoms. The Bertz CT molecular complexity index is 760. The van der Waals surface area contributed by atoms with Crippen LogP contribution in [-0.4, -0.2) is 56.8 Å². The zero-order valence-electron chi connectivity index (χ0n) is 14.5. The molecule has 0 radical (unpaired) electrons. The van der Waals surface area contributed by atoms with Crippen LogP contribution in [0, 0.1) is 0 Å². The average Bonchev–Trinajstić information content (AvgIpc) is 3.40. The molecule has 0 aliphatic heterocycles. The molecule has 1 aliphatic carbocycles. The van der Waals surface area contributed by atoms with E-state index in [0.29, 0.717) is 5.56 Å². The van der Waals surface area contributed by atoms with Gasteiger partial charge in [0, 0.05) is 17.9 Å². The molecule has 142 valence electrons. The normalized spacial score (nSPS) is 15.0. The first-order chi connectivity index (χ1) is 12.2. The molecule has 0 spiro atoms. The van der Waals surface area contributed by atoms with Crippen molar-refractivity contribution >= 4 is 27.6 Å². The topological polar surface area (TPSA) is 121 Å². The Kier molecular flexibility index (Phi) is 6.73. The van der Waals surface area contributed by atoms with Crippen LogP contribution in [0.1, 0.15) is 29.6 Å². The van der Waals surface area contributed by atoms with Gasteiger partial charge < -0.3 is 16.0 Å². The first-order valence-corrected chi connectivity index (χ1v) is 10.4. The van der Waals surface area contributed by atoms with E-state index in [1.807, 2.05) is 0 Å². The van der Waals surface area contributed by atoms with E-state index >= 15 is 0 Å². The van der Waals surface area contributed by atoms with Crippen LogP contribution in [0.3, 0.4) is 0 Å². The molecule has 1 aromatic carbocycles. The highest BCUT2D eigenvalue weighted by atomic mass is 32.2.